The molecule has 2 aliphatic rings. The fourth-order valence-electron chi connectivity index (χ4n) is 5.88. The number of rotatable bonds is 4. The Kier molecular flexibility index (Phi) is 7.94. The van der Waals surface area contributed by atoms with Crippen molar-refractivity contribution in [3.63, 3.8) is 0 Å². The van der Waals surface area contributed by atoms with Gasteiger partial charge in [0.1, 0.15) is 18.8 Å². The zero-order valence-electron chi connectivity index (χ0n) is 24.4. The lowest BCUT2D eigenvalue weighted by Crippen LogP contribution is -2.60. The normalized spacial score (nSPS) is 16.8. The highest BCUT2D eigenvalue weighted by molar-refractivity contribution is 7.98. The lowest BCUT2D eigenvalue weighted by molar-refractivity contribution is -0.173. The number of aryl methyl sites for hydroxylation is 2. The Labute approximate surface area is 266 Å². The third-order valence-electron chi connectivity index (χ3n) is 8.21. The maximum Gasteiger partial charge on any atom is 0.408 e. The minimum absolute atomic E-state index is 0.190. The van der Waals surface area contributed by atoms with Gasteiger partial charge in [-0.25, -0.2) is 4.79 Å². The van der Waals surface area contributed by atoms with Crippen molar-refractivity contribution in [1.82, 2.24) is 9.58 Å². The summed E-state index contributed by atoms with van der Waals surface area (Å²) < 4.78 is 49.8. The number of nitrogens with zero attached hydrogens (tertiary/aromatic N) is 3. The largest absolute Gasteiger partial charge is 0.416 e. The second-order valence-electron chi connectivity index (χ2n) is 11.0. The molecule has 3 aromatic carbocycles. The number of hydrogen-bond acceptors (Lipinski definition) is 6. The molecule has 0 radical (unpaired) electrons. The number of amides is 1. The summed E-state index contributed by atoms with van der Waals surface area (Å²) in [6.45, 7) is 3.76. The van der Waals surface area contributed by atoms with Crippen LogP contribution in [-0.2, 0) is 5.75 Å². The highest BCUT2D eigenvalue weighted by atomic mass is 35.5. The summed E-state index contributed by atoms with van der Waals surface area (Å²) in [5.74, 6) is -2.11. The van der Waals surface area contributed by atoms with E-state index in [4.69, 9.17) is 16.3 Å². The zero-order valence-corrected chi connectivity index (χ0v) is 26.0. The van der Waals surface area contributed by atoms with Crippen molar-refractivity contribution in [2.45, 2.75) is 49.7 Å². The van der Waals surface area contributed by atoms with Gasteiger partial charge in [-0.1, -0.05) is 60.1 Å². The van der Waals surface area contributed by atoms with Crippen LogP contribution in [0.2, 0.25) is 5.02 Å². The van der Waals surface area contributed by atoms with Crippen molar-refractivity contribution in [2.24, 2.45) is 0 Å². The smallest absolute Gasteiger partial charge is 0.408 e. The summed E-state index contributed by atoms with van der Waals surface area (Å²) in [5, 5.41) is 1.95. The first-order valence-corrected chi connectivity index (χ1v) is 15.4. The van der Waals surface area contributed by atoms with Crippen molar-refractivity contribution in [3.8, 4) is 5.75 Å². The molecular formula is C33H27ClF3N3O4S. The van der Waals surface area contributed by atoms with E-state index in [0.717, 1.165) is 29.0 Å². The number of benzene rings is 3. The Hall–Kier alpha value is -4.22. The minimum Gasteiger partial charge on any atom is -0.416 e. The molecule has 12 heteroatoms. The highest BCUT2D eigenvalue weighted by Gasteiger charge is 2.48. The van der Waals surface area contributed by atoms with Crippen LogP contribution in [0.15, 0.2) is 82.6 Å². The van der Waals surface area contributed by atoms with Gasteiger partial charge in [0.25, 0.3) is 5.91 Å². The molecule has 3 heterocycles. The van der Waals surface area contributed by atoms with Crippen LogP contribution in [0.5, 0.6) is 5.75 Å². The number of pyridine rings is 1. The predicted molar refractivity (Wildman–Crippen MR) is 166 cm³/mol. The molecule has 0 N–H and O–H groups in total. The third kappa shape index (κ3) is 5.37. The van der Waals surface area contributed by atoms with Gasteiger partial charge in [-0.05, 0) is 55.2 Å². The number of aromatic nitrogens is 1. The molecule has 2 aliphatic heterocycles. The molecular weight excluding hydrogens is 627 g/mol. The quantitative estimate of drug-likeness (QED) is 0.220. The van der Waals surface area contributed by atoms with Crippen LogP contribution in [-0.4, -0.2) is 40.3 Å². The summed E-state index contributed by atoms with van der Waals surface area (Å²) >= 11 is 8.38. The molecule has 4 aromatic rings. The number of carbonyl (C=O) groups is 2. The highest BCUT2D eigenvalue weighted by Crippen LogP contribution is 2.45. The van der Waals surface area contributed by atoms with Gasteiger partial charge in [-0.2, -0.15) is 13.2 Å². The number of esters is 1. The standard InChI is InChI=1S/C33H27ClF3N3O4S/c1-18-8-6-9-19(2)26(18)32(43)44-30-24(41)14-15-39-29(30)31(42)38(20(3)33(35,36)37)17-40(39)28-22-11-4-5-13-25(22)45-16-21-10-7-12-23(34)27(21)28/h4-15,20,28H,16-17H2,1-3H3/t20-,28-/m1/s1. The van der Waals surface area contributed by atoms with Gasteiger partial charge in [0.15, 0.2) is 5.69 Å². The van der Waals surface area contributed by atoms with E-state index in [-0.39, 0.29) is 5.56 Å². The molecule has 0 aliphatic carbocycles. The Morgan fingerprint density at radius 2 is 1.69 bits per heavy atom. The lowest BCUT2D eigenvalue weighted by Gasteiger charge is -2.46. The molecule has 0 saturated carbocycles. The van der Waals surface area contributed by atoms with Gasteiger partial charge in [0.2, 0.25) is 11.2 Å². The Morgan fingerprint density at radius 3 is 2.40 bits per heavy atom. The molecule has 45 heavy (non-hydrogen) atoms. The number of fused-ring (bicyclic) bond motifs is 3. The zero-order chi connectivity index (χ0) is 32.2. The fourth-order valence-corrected chi connectivity index (χ4v) is 7.26. The topological polar surface area (TPSA) is 71.8 Å². The Morgan fingerprint density at radius 1 is 1.00 bits per heavy atom. The molecule has 0 spiro atoms. The van der Waals surface area contributed by atoms with Gasteiger partial charge < -0.3 is 9.64 Å². The number of thioether (sulfide) groups is 1. The van der Waals surface area contributed by atoms with E-state index >= 15 is 0 Å². The SMILES string of the molecule is Cc1cccc(C)c1C(=O)Oc1c2n(ccc1=O)N([C@@H]1c3ccccc3SCc3cccc(Cl)c31)CN([C@H](C)C(F)(F)F)C2=O. The van der Waals surface area contributed by atoms with E-state index in [1.807, 2.05) is 36.4 Å². The average Bonchev–Trinajstić information content (AvgIpc) is 3.16. The third-order valence-corrected chi connectivity index (χ3v) is 9.67. The van der Waals surface area contributed by atoms with Crippen LogP contribution < -0.4 is 15.2 Å². The second-order valence-corrected chi connectivity index (χ2v) is 12.4. The molecule has 0 fully saturated rings. The van der Waals surface area contributed by atoms with Gasteiger partial charge in [-0.15, -0.1) is 11.8 Å². The number of halogens is 4. The van der Waals surface area contributed by atoms with Crippen LogP contribution in [0.3, 0.4) is 0 Å². The summed E-state index contributed by atoms with van der Waals surface area (Å²) in [6, 6.07) is 16.2. The number of hydrogen-bond donors (Lipinski definition) is 0. The summed E-state index contributed by atoms with van der Waals surface area (Å²) in [6.07, 6.45) is -3.47. The van der Waals surface area contributed by atoms with Gasteiger partial charge in [0, 0.05) is 33.5 Å². The van der Waals surface area contributed by atoms with Gasteiger partial charge >= 0.3 is 12.1 Å². The van der Waals surface area contributed by atoms with Gasteiger partial charge in [0.05, 0.1) is 5.56 Å². The molecule has 1 aromatic heterocycles. The average molecular weight is 654 g/mol. The second kappa shape index (κ2) is 11.6. The molecule has 2 atom stereocenters. The van der Waals surface area contributed by atoms with Crippen molar-refractivity contribution in [1.29, 1.82) is 0 Å². The maximum atomic E-state index is 14.3. The summed E-state index contributed by atoms with van der Waals surface area (Å²) in [5.41, 5.74) is 2.29. The molecule has 0 unspecified atom stereocenters. The van der Waals surface area contributed by atoms with Crippen LogP contribution in [0.25, 0.3) is 0 Å². The lowest BCUT2D eigenvalue weighted by atomic mass is 9.94. The maximum absolute atomic E-state index is 14.3. The van der Waals surface area contributed by atoms with E-state index in [1.165, 1.54) is 10.9 Å². The van der Waals surface area contributed by atoms with Crippen molar-refractivity contribution in [2.75, 3.05) is 11.7 Å². The monoisotopic (exact) mass is 653 g/mol. The first-order chi connectivity index (χ1) is 21.4. The molecule has 1 amide bonds. The number of carbonyl (C=O) groups excluding carboxylic acids is 2. The summed E-state index contributed by atoms with van der Waals surface area (Å²) in [7, 11) is 0. The van der Waals surface area contributed by atoms with Crippen molar-refractivity contribution < 1.29 is 27.5 Å². The summed E-state index contributed by atoms with van der Waals surface area (Å²) in [4.78, 5) is 42.3. The van der Waals surface area contributed by atoms with Crippen molar-refractivity contribution >= 4 is 35.2 Å². The predicted octanol–water partition coefficient (Wildman–Crippen LogP) is 7.04. The fraction of sp³-hybridized carbons (Fsp3) is 0.242. The van der Waals surface area contributed by atoms with E-state index < -0.39 is 53.7 Å². The molecule has 232 valence electrons. The van der Waals surface area contributed by atoms with Crippen LogP contribution in [0, 0.1) is 13.8 Å². The van der Waals surface area contributed by atoms with E-state index in [9.17, 15) is 27.6 Å². The number of ether oxygens (including phenoxy) is 1. The van der Waals surface area contributed by atoms with Crippen LogP contribution in [0.4, 0.5) is 13.2 Å². The molecule has 0 bridgehead atoms. The minimum atomic E-state index is -4.79. The number of alkyl halides is 3. The Balaban J connectivity index is 1.60. The molecule has 0 saturated heterocycles. The van der Waals surface area contributed by atoms with Crippen LogP contribution >= 0.6 is 23.4 Å². The van der Waals surface area contributed by atoms with E-state index in [0.29, 0.717) is 32.4 Å². The first-order valence-electron chi connectivity index (χ1n) is 14.1. The first kappa shape index (κ1) is 30.8. The van der Waals surface area contributed by atoms with Crippen molar-refractivity contribution in [3.05, 3.63) is 127 Å². The van der Waals surface area contributed by atoms with Crippen LogP contribution in [0.1, 0.15) is 61.6 Å². The molecule has 7 nitrogen and oxygen atoms in total. The van der Waals surface area contributed by atoms with Gasteiger partial charge in [-0.3, -0.25) is 19.3 Å². The molecule has 6 rings (SSSR count). The van der Waals surface area contributed by atoms with E-state index in [2.05, 4.69) is 0 Å². The van der Waals surface area contributed by atoms with E-state index in [1.54, 1.807) is 54.9 Å². The Bertz CT molecular complexity index is 1890.